The average molecular weight is 305 g/mol. The van der Waals surface area contributed by atoms with Gasteiger partial charge in [-0.2, -0.15) is 11.8 Å². The van der Waals surface area contributed by atoms with Gasteiger partial charge >= 0.3 is 0 Å². The number of thioether (sulfide) groups is 1. The molecule has 116 valence electrons. The van der Waals surface area contributed by atoms with Crippen molar-refractivity contribution in [2.45, 2.75) is 30.6 Å². The van der Waals surface area contributed by atoms with Gasteiger partial charge in [-0.1, -0.05) is 25.1 Å². The second-order valence-electron chi connectivity index (χ2n) is 6.23. The summed E-state index contributed by atoms with van der Waals surface area (Å²) in [6.45, 7) is 7.67. The number of para-hydroxylation sites is 1. The van der Waals surface area contributed by atoms with Crippen molar-refractivity contribution < 1.29 is 0 Å². The van der Waals surface area contributed by atoms with E-state index in [0.717, 1.165) is 32.7 Å². The lowest BCUT2D eigenvalue weighted by molar-refractivity contribution is 0.0756. The fraction of sp³-hybridized carbons (Fsp3) is 0.647. The van der Waals surface area contributed by atoms with Gasteiger partial charge in [0, 0.05) is 49.2 Å². The predicted octanol–water partition coefficient (Wildman–Crippen LogP) is 2.42. The molecule has 0 amide bonds. The van der Waals surface area contributed by atoms with Gasteiger partial charge in [0.05, 0.1) is 0 Å². The molecule has 3 nitrogen and oxygen atoms in total. The third-order valence-corrected chi connectivity index (χ3v) is 6.73. The number of anilines is 1. The number of hydrogen-bond donors (Lipinski definition) is 1. The van der Waals surface area contributed by atoms with Crippen LogP contribution in [0.15, 0.2) is 30.3 Å². The standard InChI is InChI=1S/C17H27N3S/c1-15-17(14-18,8-5-13-21-15)20-11-9-19(10-12-20)16-6-3-2-4-7-16/h2-4,6-7,15H,5,8-14,18H2,1H3. The summed E-state index contributed by atoms with van der Waals surface area (Å²) in [6, 6.07) is 10.8. The summed E-state index contributed by atoms with van der Waals surface area (Å²) in [5.74, 6) is 1.30. The molecule has 0 spiro atoms. The van der Waals surface area contributed by atoms with E-state index in [1.165, 1.54) is 24.3 Å². The van der Waals surface area contributed by atoms with Crippen LogP contribution < -0.4 is 10.6 Å². The molecule has 2 atom stereocenters. The Balaban J connectivity index is 1.67. The highest BCUT2D eigenvalue weighted by Crippen LogP contribution is 2.38. The zero-order valence-electron chi connectivity index (χ0n) is 13.0. The third kappa shape index (κ3) is 2.94. The predicted molar refractivity (Wildman–Crippen MR) is 93.2 cm³/mol. The third-order valence-electron chi connectivity index (χ3n) is 5.26. The molecule has 2 N–H and O–H groups in total. The fourth-order valence-corrected chi connectivity index (χ4v) is 5.20. The molecule has 1 aromatic rings. The molecule has 1 aromatic carbocycles. The van der Waals surface area contributed by atoms with Crippen molar-refractivity contribution in [3.63, 3.8) is 0 Å². The Hall–Kier alpha value is -0.710. The maximum Gasteiger partial charge on any atom is 0.0449 e. The van der Waals surface area contributed by atoms with E-state index in [1.54, 1.807) is 0 Å². The van der Waals surface area contributed by atoms with E-state index in [9.17, 15) is 0 Å². The zero-order valence-corrected chi connectivity index (χ0v) is 13.8. The molecule has 0 saturated carbocycles. The lowest BCUT2D eigenvalue weighted by atomic mass is 9.87. The normalized spacial score (nSPS) is 31.3. The van der Waals surface area contributed by atoms with Crippen molar-refractivity contribution in [2.75, 3.05) is 43.4 Å². The van der Waals surface area contributed by atoms with Crippen LogP contribution in [0.25, 0.3) is 0 Å². The minimum absolute atomic E-state index is 0.228. The van der Waals surface area contributed by atoms with Gasteiger partial charge < -0.3 is 10.6 Å². The van der Waals surface area contributed by atoms with Crippen molar-refractivity contribution in [1.29, 1.82) is 0 Å². The molecule has 2 saturated heterocycles. The summed E-state index contributed by atoms with van der Waals surface area (Å²) in [6.07, 6.45) is 2.58. The van der Waals surface area contributed by atoms with Gasteiger partial charge in [-0.15, -0.1) is 0 Å². The molecule has 21 heavy (non-hydrogen) atoms. The van der Waals surface area contributed by atoms with Crippen LogP contribution >= 0.6 is 11.8 Å². The highest BCUT2D eigenvalue weighted by atomic mass is 32.2. The van der Waals surface area contributed by atoms with Crippen molar-refractivity contribution in [2.24, 2.45) is 5.73 Å². The zero-order chi connectivity index (χ0) is 14.7. The van der Waals surface area contributed by atoms with Gasteiger partial charge in [-0.05, 0) is 30.7 Å². The molecule has 2 fully saturated rings. The Kier molecular flexibility index (Phi) is 4.77. The topological polar surface area (TPSA) is 32.5 Å². The van der Waals surface area contributed by atoms with Gasteiger partial charge in [0.1, 0.15) is 0 Å². The summed E-state index contributed by atoms with van der Waals surface area (Å²) in [7, 11) is 0. The Morgan fingerprint density at radius 1 is 1.19 bits per heavy atom. The summed E-state index contributed by atoms with van der Waals surface area (Å²) < 4.78 is 0. The van der Waals surface area contributed by atoms with Gasteiger partial charge in [0.25, 0.3) is 0 Å². The molecule has 2 unspecified atom stereocenters. The number of rotatable bonds is 3. The van der Waals surface area contributed by atoms with Gasteiger partial charge in [-0.25, -0.2) is 0 Å². The van der Waals surface area contributed by atoms with Crippen LogP contribution in [0.1, 0.15) is 19.8 Å². The highest BCUT2D eigenvalue weighted by Gasteiger charge is 2.43. The number of piperazine rings is 1. The molecular formula is C17H27N3S. The maximum atomic E-state index is 6.24. The number of hydrogen-bond acceptors (Lipinski definition) is 4. The monoisotopic (exact) mass is 305 g/mol. The highest BCUT2D eigenvalue weighted by molar-refractivity contribution is 8.00. The first kappa shape index (κ1) is 15.2. The van der Waals surface area contributed by atoms with Gasteiger partial charge in [0.15, 0.2) is 0 Å². The Morgan fingerprint density at radius 2 is 1.90 bits per heavy atom. The van der Waals surface area contributed by atoms with Crippen LogP contribution in [0.5, 0.6) is 0 Å². The van der Waals surface area contributed by atoms with E-state index in [1.807, 2.05) is 0 Å². The molecule has 3 rings (SSSR count). The molecule has 4 heteroatoms. The van der Waals surface area contributed by atoms with Crippen molar-refractivity contribution in [1.82, 2.24) is 4.90 Å². The van der Waals surface area contributed by atoms with E-state index >= 15 is 0 Å². The molecule has 0 radical (unpaired) electrons. The Morgan fingerprint density at radius 3 is 2.52 bits per heavy atom. The first-order chi connectivity index (χ1) is 10.3. The van der Waals surface area contributed by atoms with Crippen LogP contribution in [0.3, 0.4) is 0 Å². The molecular weight excluding hydrogens is 278 g/mol. The summed E-state index contributed by atoms with van der Waals surface area (Å²) in [4.78, 5) is 5.19. The maximum absolute atomic E-state index is 6.24. The quantitative estimate of drug-likeness (QED) is 0.929. The number of nitrogens with zero attached hydrogens (tertiary/aromatic N) is 2. The van der Waals surface area contributed by atoms with E-state index in [-0.39, 0.29) is 5.54 Å². The number of nitrogens with two attached hydrogens (primary N) is 1. The van der Waals surface area contributed by atoms with E-state index < -0.39 is 0 Å². The fourth-order valence-electron chi connectivity index (χ4n) is 3.86. The van der Waals surface area contributed by atoms with Gasteiger partial charge in [0.2, 0.25) is 0 Å². The minimum Gasteiger partial charge on any atom is -0.369 e. The van der Waals surface area contributed by atoms with Crippen LogP contribution in [0, 0.1) is 0 Å². The van der Waals surface area contributed by atoms with Crippen molar-refractivity contribution in [3.8, 4) is 0 Å². The molecule has 2 aliphatic rings. The van der Waals surface area contributed by atoms with Crippen LogP contribution in [0.2, 0.25) is 0 Å². The summed E-state index contributed by atoms with van der Waals surface area (Å²) in [5, 5.41) is 0.652. The van der Waals surface area contributed by atoms with E-state index in [4.69, 9.17) is 5.73 Å². The van der Waals surface area contributed by atoms with Crippen molar-refractivity contribution in [3.05, 3.63) is 30.3 Å². The average Bonchev–Trinajstić information content (AvgIpc) is 2.57. The van der Waals surface area contributed by atoms with E-state index in [0.29, 0.717) is 5.25 Å². The minimum atomic E-state index is 0.228. The van der Waals surface area contributed by atoms with Gasteiger partial charge in [-0.3, -0.25) is 4.90 Å². The molecule has 0 aliphatic carbocycles. The number of benzene rings is 1. The SMILES string of the molecule is CC1SCCCC1(CN)N1CCN(c2ccccc2)CC1. The molecule has 2 aliphatic heterocycles. The first-order valence-electron chi connectivity index (χ1n) is 8.13. The summed E-state index contributed by atoms with van der Waals surface area (Å²) >= 11 is 2.11. The second kappa shape index (κ2) is 6.59. The molecule has 2 heterocycles. The molecule has 0 bridgehead atoms. The van der Waals surface area contributed by atoms with E-state index in [2.05, 4.69) is 58.8 Å². The van der Waals surface area contributed by atoms with Crippen LogP contribution in [-0.4, -0.2) is 54.2 Å². The Bertz CT molecular complexity index is 445. The lowest BCUT2D eigenvalue weighted by Gasteiger charge is -2.52. The Labute approximate surface area is 132 Å². The first-order valence-corrected chi connectivity index (χ1v) is 9.18. The van der Waals surface area contributed by atoms with Crippen LogP contribution in [-0.2, 0) is 0 Å². The smallest absolute Gasteiger partial charge is 0.0449 e. The molecule has 0 aromatic heterocycles. The second-order valence-corrected chi connectivity index (χ2v) is 7.68. The van der Waals surface area contributed by atoms with Crippen LogP contribution in [0.4, 0.5) is 5.69 Å². The van der Waals surface area contributed by atoms with Crippen molar-refractivity contribution >= 4 is 17.4 Å². The summed E-state index contributed by atoms with van der Waals surface area (Å²) in [5.41, 5.74) is 7.82. The largest absolute Gasteiger partial charge is 0.369 e. The lowest BCUT2D eigenvalue weighted by Crippen LogP contribution is -2.65.